The van der Waals surface area contributed by atoms with Crippen LogP contribution in [0.5, 0.6) is 0 Å². The Morgan fingerprint density at radius 1 is 0.562 bits per heavy atom. The predicted molar refractivity (Wildman–Crippen MR) is 313 cm³/mol. The van der Waals surface area contributed by atoms with Crippen molar-refractivity contribution in [2.24, 2.45) is 47.0 Å². The van der Waals surface area contributed by atoms with Crippen LogP contribution in [-0.4, -0.2) is 211 Å². The number of rotatable bonds is 39. The smallest absolute Gasteiger partial charge is 0.335 e. The number of aliphatic hydroxyl groups is 1. The molecule has 89 heavy (non-hydrogen) atoms. The van der Waals surface area contributed by atoms with E-state index >= 15 is 0 Å². The first-order chi connectivity index (χ1) is 41.4. The van der Waals surface area contributed by atoms with Crippen molar-refractivity contribution in [3.05, 3.63) is 24.3 Å². The predicted octanol–water partition coefficient (Wildman–Crippen LogP) is -4.00. The molecule has 1 aliphatic rings. The van der Waals surface area contributed by atoms with Gasteiger partial charge >= 0.3 is 29.8 Å². The van der Waals surface area contributed by atoms with Gasteiger partial charge in [-0.15, -0.1) is 0 Å². The molecule has 0 radical (unpaired) electrons. The van der Waals surface area contributed by atoms with Gasteiger partial charge in [0, 0.05) is 12.6 Å². The lowest BCUT2D eigenvalue weighted by molar-refractivity contribution is -0.153. The van der Waals surface area contributed by atoms with Crippen LogP contribution in [0.4, 0.5) is 0 Å². The first-order valence-corrected chi connectivity index (χ1v) is 29.0. The normalized spacial score (nSPS) is 18.1. The second-order valence-electron chi connectivity index (χ2n) is 23.0. The number of carbonyl (C=O) groups excluding carboxylic acids is 10. The maximum atomic E-state index is 14.7. The summed E-state index contributed by atoms with van der Waals surface area (Å²) in [6.07, 6.45) is 3.22. The van der Waals surface area contributed by atoms with E-state index in [9.17, 15) is 103 Å². The van der Waals surface area contributed by atoms with Gasteiger partial charge < -0.3 is 94.9 Å². The van der Waals surface area contributed by atoms with Gasteiger partial charge in [0.1, 0.15) is 48.3 Å². The molecule has 10 amide bonds. The highest BCUT2D eigenvalue weighted by Gasteiger charge is 2.44. The zero-order valence-corrected chi connectivity index (χ0v) is 51.6. The van der Waals surface area contributed by atoms with Crippen LogP contribution in [0.1, 0.15) is 114 Å². The van der Waals surface area contributed by atoms with Crippen molar-refractivity contribution in [2.45, 2.75) is 181 Å². The average molecular weight is 1270 g/mol. The number of nitrogens with one attached hydrogen (secondary N) is 9. The Morgan fingerprint density at radius 2 is 1.10 bits per heavy atom. The number of nitrogens with zero attached hydrogens (tertiary/aromatic N) is 1. The molecule has 0 aromatic heterocycles. The molecule has 19 N–H and O–H groups in total. The standard InChI is InChI=1S/C56H90N12O21/c1-25(2)17-13-11-12-14-19-35(69)63-40(29(8)53(82)83)49(78)66-42(31(10)60-47(76)34-21-28(7)24-68(34)52(81)38(58)26(3)4)50(79)65-39(27(5)6)48(77)61-32(18-15-16-20-57)46(75)67-43(44(73)56(88)89)51(80)62-33(22-37(71)72)45(74)59-23-36(70)64-41(55(86)87)30(9)54(84)85/h11-12,14,19,25-34,38-44,73H,13,15-18,20-24,57-58H2,1-10H3,(H,59,74)(H,60,76)(H,61,77)(H,62,80)(H,63,69)(H,64,70)(H,65,79)(H,66,78)(H,67,75)(H,71,72)(H,82,83)(H,84,85)(H,86,87)(H,88,89)/b12-11-,19-14+/t28-,29?,30?,31?,32+,33+,34+,38+,39-,40+,41-,42+,43+,44?/m1/s1. The Kier molecular flexibility index (Phi) is 33.4. The Morgan fingerprint density at radius 3 is 1.63 bits per heavy atom. The fraction of sp³-hybridized carbons (Fsp3) is 0.661. The highest BCUT2D eigenvalue weighted by atomic mass is 16.4. The van der Waals surface area contributed by atoms with E-state index in [-0.39, 0.29) is 50.6 Å². The van der Waals surface area contributed by atoms with Crippen LogP contribution in [0.15, 0.2) is 24.3 Å². The first kappa shape index (κ1) is 78.4. The molecule has 4 unspecified atom stereocenters. The van der Waals surface area contributed by atoms with E-state index in [1.54, 1.807) is 32.9 Å². The molecule has 0 aromatic rings. The van der Waals surface area contributed by atoms with Crippen molar-refractivity contribution in [2.75, 3.05) is 19.6 Å². The molecule has 0 bridgehead atoms. The number of aliphatic carboxylic acids is 5. The van der Waals surface area contributed by atoms with E-state index in [0.29, 0.717) is 12.3 Å². The quantitative estimate of drug-likeness (QED) is 0.0158. The lowest BCUT2D eigenvalue weighted by atomic mass is 9.98. The highest BCUT2D eigenvalue weighted by Crippen LogP contribution is 2.25. The number of carbonyl (C=O) groups is 15. The molecule has 1 saturated heterocycles. The summed E-state index contributed by atoms with van der Waals surface area (Å²) in [7, 11) is 0. The third-order valence-corrected chi connectivity index (χ3v) is 14.3. The second kappa shape index (κ2) is 38.0. The lowest BCUT2D eigenvalue weighted by Gasteiger charge is -2.33. The van der Waals surface area contributed by atoms with Crippen molar-refractivity contribution in [1.82, 2.24) is 52.8 Å². The number of hydrogen-bond acceptors (Lipinski definition) is 18. The second-order valence-corrected chi connectivity index (χ2v) is 23.0. The van der Waals surface area contributed by atoms with Gasteiger partial charge in [-0.3, -0.25) is 62.3 Å². The zero-order valence-electron chi connectivity index (χ0n) is 51.6. The molecule has 0 saturated carbocycles. The summed E-state index contributed by atoms with van der Waals surface area (Å²) in [6.45, 7) is 14.5. The third kappa shape index (κ3) is 26.3. The average Bonchev–Trinajstić information content (AvgIpc) is 3.96. The lowest BCUT2D eigenvalue weighted by Crippen LogP contribution is -2.65. The molecule has 0 aromatic carbocycles. The number of hydrogen-bond donors (Lipinski definition) is 17. The van der Waals surface area contributed by atoms with Gasteiger partial charge in [-0.05, 0) is 89.5 Å². The van der Waals surface area contributed by atoms with Gasteiger partial charge in [0.25, 0.3) is 0 Å². The number of likely N-dealkylation sites (tertiary alicyclic amines) is 1. The number of carboxylic acid groups (broad SMARTS) is 5. The Hall–Kier alpha value is -8.59. The number of aliphatic hydroxyl groups excluding tert-OH is 1. The summed E-state index contributed by atoms with van der Waals surface area (Å²) in [5.41, 5.74) is 11.9. The van der Waals surface area contributed by atoms with Crippen molar-refractivity contribution in [3.63, 3.8) is 0 Å². The molecule has 0 spiro atoms. The van der Waals surface area contributed by atoms with E-state index in [1.807, 2.05) is 35.1 Å². The molecule has 33 heteroatoms. The summed E-state index contributed by atoms with van der Waals surface area (Å²) in [6, 6.07) is -17.7. The summed E-state index contributed by atoms with van der Waals surface area (Å²) in [5.74, 6) is -24.9. The molecule has 1 aliphatic heterocycles. The molecule has 0 aliphatic carbocycles. The third-order valence-electron chi connectivity index (χ3n) is 14.3. The van der Waals surface area contributed by atoms with Crippen LogP contribution in [0.3, 0.4) is 0 Å². The molecular formula is C56H90N12O21. The molecule has 14 atom stereocenters. The van der Waals surface area contributed by atoms with E-state index in [1.165, 1.54) is 31.7 Å². The van der Waals surface area contributed by atoms with E-state index in [0.717, 1.165) is 26.3 Å². The Bertz CT molecular complexity index is 2610. The maximum absolute atomic E-state index is 14.7. The number of allylic oxidation sites excluding steroid dienone is 3. The van der Waals surface area contributed by atoms with Gasteiger partial charge in [0.05, 0.1) is 36.9 Å². The molecule has 1 heterocycles. The highest BCUT2D eigenvalue weighted by molar-refractivity contribution is 6.01. The largest absolute Gasteiger partial charge is 0.481 e. The summed E-state index contributed by atoms with van der Waals surface area (Å²) < 4.78 is 0. The number of unbranched alkanes of at least 4 members (excludes halogenated alkanes) is 1. The van der Waals surface area contributed by atoms with Crippen molar-refractivity contribution < 1.29 is 103 Å². The summed E-state index contributed by atoms with van der Waals surface area (Å²) >= 11 is 0. The van der Waals surface area contributed by atoms with Gasteiger partial charge in [0.2, 0.25) is 59.1 Å². The SMILES string of the molecule is CC(C)CC/C=C\C=C\C(=O)N[C@H](C(=O)N[C@H](C(=O)N[C@@H](C(=O)N[C@@H](CCCCN)C(=O)N[C@H](C(=O)N[C@@H](CC(=O)O)C(=O)NCC(=O)N[C@@H](C(=O)O)C(C)C(=O)O)C(O)C(=O)O)C(C)C)C(C)NC(=O)[C@@H]1C[C@@H](C)CN1C(=O)[C@@H](N)C(C)C)C(C)C(=O)O. The maximum Gasteiger partial charge on any atom is 0.335 e. The minimum Gasteiger partial charge on any atom is -0.481 e. The summed E-state index contributed by atoms with van der Waals surface area (Å²) in [5, 5.41) is 78.6. The first-order valence-electron chi connectivity index (χ1n) is 29.0. The van der Waals surface area contributed by atoms with Gasteiger partial charge in [-0.25, -0.2) is 9.59 Å². The molecule has 1 rings (SSSR count). The minimum absolute atomic E-state index is 0.0375. The van der Waals surface area contributed by atoms with E-state index in [2.05, 4.69) is 26.6 Å². The molecule has 33 nitrogen and oxygen atoms in total. The molecule has 500 valence electrons. The molecular weight excluding hydrogens is 1180 g/mol. The Labute approximate surface area is 514 Å². The number of carboxylic acids is 5. The van der Waals surface area contributed by atoms with Gasteiger partial charge in [-0.2, -0.15) is 0 Å². The van der Waals surface area contributed by atoms with Crippen LogP contribution < -0.4 is 59.3 Å². The van der Waals surface area contributed by atoms with Crippen LogP contribution in [-0.2, 0) is 71.9 Å². The van der Waals surface area contributed by atoms with Crippen molar-refractivity contribution in [1.29, 1.82) is 0 Å². The zero-order chi connectivity index (χ0) is 68.3. The monoisotopic (exact) mass is 1270 g/mol. The number of amides is 10. The van der Waals surface area contributed by atoms with Gasteiger partial charge in [-0.1, -0.05) is 66.7 Å². The van der Waals surface area contributed by atoms with Crippen LogP contribution in [0, 0.1) is 35.5 Å². The van der Waals surface area contributed by atoms with Crippen LogP contribution in [0.2, 0.25) is 0 Å². The van der Waals surface area contributed by atoms with E-state index in [4.69, 9.17) is 11.5 Å². The van der Waals surface area contributed by atoms with E-state index < -0.39 is 186 Å². The van der Waals surface area contributed by atoms with Crippen molar-refractivity contribution >= 4 is 88.9 Å². The fourth-order valence-corrected chi connectivity index (χ4v) is 8.78. The fourth-order valence-electron chi connectivity index (χ4n) is 8.78. The summed E-state index contributed by atoms with van der Waals surface area (Å²) in [4.78, 5) is 199. The van der Waals surface area contributed by atoms with Crippen LogP contribution >= 0.6 is 0 Å². The Balaban J connectivity index is 3.79. The van der Waals surface area contributed by atoms with Gasteiger partial charge in [0.15, 0.2) is 6.10 Å². The topological polar surface area (TPSA) is 541 Å². The number of nitrogens with two attached hydrogens (primary N) is 2. The minimum atomic E-state index is -2.86. The molecule has 1 fully saturated rings. The van der Waals surface area contributed by atoms with Crippen LogP contribution in [0.25, 0.3) is 0 Å². The van der Waals surface area contributed by atoms with Crippen molar-refractivity contribution in [3.8, 4) is 0 Å².